The molecule has 18 heavy (non-hydrogen) atoms. The van der Waals surface area contributed by atoms with Crippen molar-refractivity contribution in [2.75, 3.05) is 13.1 Å². The van der Waals surface area contributed by atoms with Gasteiger partial charge in [0.1, 0.15) is 4.21 Å². The maximum Gasteiger partial charge on any atom is 0.252 e. The van der Waals surface area contributed by atoms with Gasteiger partial charge in [-0.3, -0.25) is 0 Å². The molecule has 1 aliphatic heterocycles. The van der Waals surface area contributed by atoms with Crippen LogP contribution in [-0.4, -0.2) is 25.8 Å². The number of nitrogens with zero attached hydrogens (tertiary/aromatic N) is 1. The number of hydrogen-bond acceptors (Lipinski definition) is 3. The molecule has 0 N–H and O–H groups in total. The zero-order valence-electron chi connectivity index (χ0n) is 10.6. The summed E-state index contributed by atoms with van der Waals surface area (Å²) in [5.41, 5.74) is 0.182. The van der Waals surface area contributed by atoms with Gasteiger partial charge in [0.2, 0.25) is 0 Å². The summed E-state index contributed by atoms with van der Waals surface area (Å²) in [7, 11) is -3.29. The third-order valence-electron chi connectivity index (χ3n) is 4.05. The van der Waals surface area contributed by atoms with Crippen LogP contribution in [-0.2, 0) is 10.0 Å². The van der Waals surface area contributed by atoms with E-state index in [1.807, 2.05) is 0 Å². The van der Waals surface area contributed by atoms with Gasteiger partial charge in [0, 0.05) is 13.1 Å². The largest absolute Gasteiger partial charge is 0.252 e. The molecule has 1 aromatic rings. The first-order valence-corrected chi connectivity index (χ1v) is 9.24. The molecule has 1 aromatic heterocycles. The van der Waals surface area contributed by atoms with Crippen LogP contribution in [0.4, 0.5) is 0 Å². The van der Waals surface area contributed by atoms with Crippen LogP contribution >= 0.6 is 27.3 Å². The highest BCUT2D eigenvalue weighted by Crippen LogP contribution is 2.40. The van der Waals surface area contributed by atoms with Crippen molar-refractivity contribution >= 4 is 37.3 Å². The molecule has 0 atom stereocenters. The molecule has 1 fully saturated rings. The Bertz CT molecular complexity index is 520. The molecule has 2 heterocycles. The van der Waals surface area contributed by atoms with Crippen molar-refractivity contribution in [3.8, 4) is 0 Å². The topological polar surface area (TPSA) is 37.4 Å². The van der Waals surface area contributed by atoms with Gasteiger partial charge in [0.15, 0.2) is 0 Å². The highest BCUT2D eigenvalue weighted by Gasteiger charge is 2.40. The van der Waals surface area contributed by atoms with Gasteiger partial charge < -0.3 is 0 Å². The van der Waals surface area contributed by atoms with Gasteiger partial charge in [-0.25, -0.2) is 8.42 Å². The molecule has 0 radical (unpaired) electrons. The van der Waals surface area contributed by atoms with Gasteiger partial charge in [-0.1, -0.05) is 13.8 Å². The van der Waals surface area contributed by atoms with Crippen molar-refractivity contribution in [3.05, 3.63) is 15.9 Å². The van der Waals surface area contributed by atoms with Crippen LogP contribution in [0, 0.1) is 5.41 Å². The molecule has 0 spiro atoms. The lowest BCUT2D eigenvalue weighted by Crippen LogP contribution is -2.31. The normalized spacial score (nSPS) is 20.4. The van der Waals surface area contributed by atoms with Gasteiger partial charge in [-0.15, -0.1) is 11.3 Å². The Hall–Kier alpha value is 0.0900. The van der Waals surface area contributed by atoms with E-state index in [1.165, 1.54) is 11.3 Å². The molecule has 0 unspecified atom stereocenters. The molecule has 0 aliphatic carbocycles. The summed E-state index contributed by atoms with van der Waals surface area (Å²) in [5, 5.41) is 0. The van der Waals surface area contributed by atoms with Gasteiger partial charge >= 0.3 is 0 Å². The zero-order chi connectivity index (χ0) is 13.4. The molecule has 0 saturated carbocycles. The number of rotatable bonds is 4. The van der Waals surface area contributed by atoms with Crippen molar-refractivity contribution in [2.24, 2.45) is 5.41 Å². The number of hydrogen-bond donors (Lipinski definition) is 0. The highest BCUT2D eigenvalue weighted by atomic mass is 79.9. The molecule has 1 saturated heterocycles. The molecular weight excluding hydrogens is 334 g/mol. The van der Waals surface area contributed by atoms with Crippen molar-refractivity contribution in [1.29, 1.82) is 0 Å². The Kier molecular flexibility index (Phi) is 4.21. The molecule has 0 bridgehead atoms. The summed E-state index contributed by atoms with van der Waals surface area (Å²) in [4.78, 5) is 0. The number of sulfonamides is 1. The second-order valence-electron chi connectivity index (χ2n) is 4.85. The summed E-state index contributed by atoms with van der Waals surface area (Å²) in [6.45, 7) is 5.63. The van der Waals surface area contributed by atoms with E-state index in [2.05, 4.69) is 29.8 Å². The van der Waals surface area contributed by atoms with Crippen molar-refractivity contribution in [3.63, 3.8) is 0 Å². The molecule has 2 rings (SSSR count). The first-order chi connectivity index (χ1) is 8.43. The van der Waals surface area contributed by atoms with Crippen LogP contribution in [0.1, 0.15) is 33.1 Å². The summed E-state index contributed by atoms with van der Waals surface area (Å²) >= 11 is 4.60. The van der Waals surface area contributed by atoms with E-state index in [0.29, 0.717) is 17.3 Å². The van der Waals surface area contributed by atoms with Crippen molar-refractivity contribution in [2.45, 2.75) is 37.3 Å². The maximum atomic E-state index is 12.5. The van der Waals surface area contributed by atoms with E-state index in [9.17, 15) is 8.42 Å². The fourth-order valence-electron chi connectivity index (χ4n) is 2.49. The monoisotopic (exact) mass is 351 g/mol. The number of thiophene rings is 1. The zero-order valence-corrected chi connectivity index (χ0v) is 13.9. The highest BCUT2D eigenvalue weighted by molar-refractivity contribution is 9.11. The number of halogens is 1. The lowest BCUT2D eigenvalue weighted by molar-refractivity contribution is 0.280. The van der Waals surface area contributed by atoms with Crippen LogP contribution in [0.3, 0.4) is 0 Å². The molecule has 3 nitrogen and oxygen atoms in total. The lowest BCUT2D eigenvalue weighted by Gasteiger charge is -2.26. The van der Waals surface area contributed by atoms with E-state index >= 15 is 0 Å². The second-order valence-corrected chi connectivity index (χ2v) is 9.48. The van der Waals surface area contributed by atoms with Crippen molar-refractivity contribution in [1.82, 2.24) is 4.31 Å². The molecule has 1 aliphatic rings. The SMILES string of the molecule is CCC1(CC)CCN(S(=O)(=O)c2ccc(Br)s2)C1. The third-order valence-corrected chi connectivity index (χ3v) is 7.98. The van der Waals surface area contributed by atoms with Gasteiger partial charge in [0.05, 0.1) is 3.79 Å². The van der Waals surface area contributed by atoms with E-state index < -0.39 is 10.0 Å². The van der Waals surface area contributed by atoms with Crippen LogP contribution in [0.5, 0.6) is 0 Å². The van der Waals surface area contributed by atoms with Gasteiger partial charge in [0.25, 0.3) is 10.0 Å². The van der Waals surface area contributed by atoms with Crippen molar-refractivity contribution < 1.29 is 8.42 Å². The standard InChI is InChI=1S/C12H18BrNO2S2/c1-3-12(4-2)7-8-14(9-12)18(15,16)11-6-5-10(13)17-11/h5-6H,3-4,7-9H2,1-2H3. The summed E-state index contributed by atoms with van der Waals surface area (Å²) < 4.78 is 27.9. The molecule has 0 aromatic carbocycles. The van der Waals surface area contributed by atoms with E-state index in [1.54, 1.807) is 16.4 Å². The Morgan fingerprint density at radius 3 is 2.50 bits per heavy atom. The van der Waals surface area contributed by atoms with Gasteiger partial charge in [-0.05, 0) is 52.7 Å². The predicted octanol–water partition coefficient (Wildman–Crippen LogP) is 3.71. The van der Waals surface area contributed by atoms with Crippen LogP contribution in [0.15, 0.2) is 20.1 Å². The van der Waals surface area contributed by atoms with E-state index in [0.717, 1.165) is 23.0 Å². The van der Waals surface area contributed by atoms with Crippen LogP contribution < -0.4 is 0 Å². The molecular formula is C12H18BrNO2S2. The minimum Gasteiger partial charge on any atom is -0.206 e. The predicted molar refractivity (Wildman–Crippen MR) is 78.4 cm³/mol. The molecule has 0 amide bonds. The van der Waals surface area contributed by atoms with Crippen LogP contribution in [0.25, 0.3) is 0 Å². The first-order valence-electron chi connectivity index (χ1n) is 6.19. The Balaban J connectivity index is 2.24. The minimum atomic E-state index is -3.29. The summed E-state index contributed by atoms with van der Waals surface area (Å²) in [6, 6.07) is 3.47. The van der Waals surface area contributed by atoms with E-state index in [-0.39, 0.29) is 5.41 Å². The minimum absolute atomic E-state index is 0.182. The Morgan fingerprint density at radius 2 is 2.06 bits per heavy atom. The fraction of sp³-hybridized carbons (Fsp3) is 0.667. The first kappa shape index (κ1) is 14.5. The third kappa shape index (κ3) is 2.53. The summed E-state index contributed by atoms with van der Waals surface area (Å²) in [6.07, 6.45) is 3.07. The molecule has 6 heteroatoms. The second kappa shape index (κ2) is 5.23. The average molecular weight is 352 g/mol. The quantitative estimate of drug-likeness (QED) is 0.828. The summed E-state index contributed by atoms with van der Waals surface area (Å²) in [5.74, 6) is 0. The van der Waals surface area contributed by atoms with E-state index in [4.69, 9.17) is 0 Å². The lowest BCUT2D eigenvalue weighted by atomic mass is 9.82. The average Bonchev–Trinajstić information content (AvgIpc) is 2.96. The van der Waals surface area contributed by atoms with Crippen LogP contribution in [0.2, 0.25) is 0 Å². The smallest absolute Gasteiger partial charge is 0.206 e. The maximum absolute atomic E-state index is 12.5. The Labute approximate surface area is 121 Å². The van der Waals surface area contributed by atoms with Gasteiger partial charge in [-0.2, -0.15) is 4.31 Å². The molecule has 102 valence electrons. The Morgan fingerprint density at radius 1 is 1.39 bits per heavy atom. The fourth-order valence-corrected chi connectivity index (χ4v) is 6.21.